The monoisotopic (exact) mass is 431 g/mol. The first-order valence-electron chi connectivity index (χ1n) is 6.73. The summed E-state index contributed by atoms with van der Waals surface area (Å²) in [5.74, 6) is 0.489. The van der Waals surface area contributed by atoms with E-state index in [9.17, 15) is 13.2 Å². The van der Waals surface area contributed by atoms with Crippen LogP contribution in [0.3, 0.4) is 0 Å². The summed E-state index contributed by atoms with van der Waals surface area (Å²) < 4.78 is 40.9. The van der Waals surface area contributed by atoms with Crippen molar-refractivity contribution in [3.8, 4) is 5.75 Å². The lowest BCUT2D eigenvalue weighted by atomic mass is 10.2. The van der Waals surface area contributed by atoms with Gasteiger partial charge in [0.15, 0.2) is 12.6 Å². The van der Waals surface area contributed by atoms with Crippen LogP contribution in [0.2, 0.25) is 0 Å². The highest BCUT2D eigenvalue weighted by Crippen LogP contribution is 2.19. The molecule has 0 aliphatic rings. The van der Waals surface area contributed by atoms with Gasteiger partial charge in [-0.1, -0.05) is 25.5 Å². The van der Waals surface area contributed by atoms with Crippen molar-refractivity contribution >= 4 is 29.9 Å². The third kappa shape index (κ3) is 9.69. The zero-order valence-corrected chi connectivity index (χ0v) is 14.7. The molecule has 1 rings (SSSR count). The Morgan fingerprint density at radius 2 is 2.09 bits per heavy atom. The molecular formula is C14H21F3IN3O. The van der Waals surface area contributed by atoms with Crippen molar-refractivity contribution in [1.82, 2.24) is 5.32 Å². The maximum atomic E-state index is 12.1. The van der Waals surface area contributed by atoms with E-state index in [1.807, 2.05) is 0 Å². The first-order valence-corrected chi connectivity index (χ1v) is 6.73. The Hall–Kier alpha value is -1.19. The maximum Gasteiger partial charge on any atom is 0.422 e. The highest BCUT2D eigenvalue weighted by Gasteiger charge is 2.28. The van der Waals surface area contributed by atoms with Crippen molar-refractivity contribution in [3.63, 3.8) is 0 Å². The Labute approximate surface area is 145 Å². The molecule has 0 radical (unpaired) electrons. The van der Waals surface area contributed by atoms with E-state index in [-0.39, 0.29) is 36.3 Å². The number of hydrogen-bond donors (Lipinski definition) is 2. The number of aliphatic imine (C=N–C) groups is 1. The number of benzene rings is 1. The van der Waals surface area contributed by atoms with Crippen molar-refractivity contribution in [1.29, 1.82) is 0 Å². The van der Waals surface area contributed by atoms with E-state index >= 15 is 0 Å². The molecule has 0 aliphatic carbocycles. The lowest BCUT2D eigenvalue weighted by Crippen LogP contribution is -2.32. The molecule has 22 heavy (non-hydrogen) atoms. The smallest absolute Gasteiger partial charge is 0.422 e. The largest absolute Gasteiger partial charge is 0.484 e. The summed E-state index contributed by atoms with van der Waals surface area (Å²) in [5, 5.41) is 2.96. The van der Waals surface area contributed by atoms with Gasteiger partial charge in [0.2, 0.25) is 0 Å². The van der Waals surface area contributed by atoms with Crippen LogP contribution < -0.4 is 15.8 Å². The van der Waals surface area contributed by atoms with Gasteiger partial charge in [0.1, 0.15) is 5.75 Å². The number of ether oxygens (including phenoxy) is 1. The molecule has 1 aromatic carbocycles. The molecule has 0 spiro atoms. The Morgan fingerprint density at radius 1 is 1.36 bits per heavy atom. The van der Waals surface area contributed by atoms with Crippen molar-refractivity contribution in [2.75, 3.05) is 13.2 Å². The lowest BCUT2D eigenvalue weighted by Gasteiger charge is -2.10. The molecule has 8 heteroatoms. The molecule has 4 nitrogen and oxygen atoms in total. The molecule has 3 N–H and O–H groups in total. The van der Waals surface area contributed by atoms with E-state index in [2.05, 4.69) is 22.0 Å². The maximum absolute atomic E-state index is 12.1. The predicted octanol–water partition coefficient (Wildman–Crippen LogP) is 3.45. The van der Waals surface area contributed by atoms with Crippen molar-refractivity contribution < 1.29 is 17.9 Å². The molecular weight excluding hydrogens is 410 g/mol. The van der Waals surface area contributed by atoms with Crippen LogP contribution in [0.4, 0.5) is 13.2 Å². The lowest BCUT2D eigenvalue weighted by molar-refractivity contribution is -0.153. The number of nitrogens with one attached hydrogen (secondary N) is 1. The van der Waals surface area contributed by atoms with Gasteiger partial charge in [0, 0.05) is 6.54 Å². The van der Waals surface area contributed by atoms with E-state index in [0.29, 0.717) is 5.96 Å². The van der Waals surface area contributed by atoms with E-state index < -0.39 is 12.8 Å². The van der Waals surface area contributed by atoms with Crippen LogP contribution in [0.15, 0.2) is 29.3 Å². The highest BCUT2D eigenvalue weighted by molar-refractivity contribution is 14.0. The molecule has 0 bridgehead atoms. The fraction of sp³-hybridized carbons (Fsp3) is 0.500. The SMILES string of the molecule is CCCCNC(N)=NCc1cccc(OCC(F)(F)F)c1.I. The minimum atomic E-state index is -4.35. The number of guanidine groups is 1. The van der Waals surface area contributed by atoms with E-state index in [1.54, 1.807) is 12.1 Å². The van der Waals surface area contributed by atoms with Gasteiger partial charge in [0.25, 0.3) is 0 Å². The normalized spacial score (nSPS) is 11.7. The van der Waals surface area contributed by atoms with Gasteiger partial charge >= 0.3 is 6.18 Å². The van der Waals surface area contributed by atoms with Crippen LogP contribution in [-0.4, -0.2) is 25.3 Å². The van der Waals surface area contributed by atoms with Crippen LogP contribution in [0.5, 0.6) is 5.75 Å². The van der Waals surface area contributed by atoms with Gasteiger partial charge in [-0.3, -0.25) is 0 Å². The van der Waals surface area contributed by atoms with Crippen LogP contribution >= 0.6 is 24.0 Å². The number of hydrogen-bond acceptors (Lipinski definition) is 2. The molecule has 126 valence electrons. The van der Waals surface area contributed by atoms with Crippen LogP contribution in [0, 0.1) is 0 Å². The summed E-state index contributed by atoms with van der Waals surface area (Å²) in [5.41, 5.74) is 6.41. The molecule has 0 amide bonds. The quantitative estimate of drug-likeness (QED) is 0.301. The molecule has 0 saturated heterocycles. The molecule has 0 fully saturated rings. The molecule has 0 saturated carbocycles. The van der Waals surface area contributed by atoms with Crippen LogP contribution in [-0.2, 0) is 6.54 Å². The molecule has 0 atom stereocenters. The Morgan fingerprint density at radius 3 is 2.73 bits per heavy atom. The predicted molar refractivity (Wildman–Crippen MR) is 91.6 cm³/mol. The Balaban J connectivity index is 0.00000441. The van der Waals surface area contributed by atoms with E-state index in [1.165, 1.54) is 12.1 Å². The van der Waals surface area contributed by atoms with Gasteiger partial charge in [0.05, 0.1) is 6.54 Å². The fourth-order valence-corrected chi connectivity index (χ4v) is 1.52. The molecule has 1 aromatic rings. The second kappa shape index (κ2) is 10.5. The Bertz CT molecular complexity index is 467. The molecule has 0 unspecified atom stereocenters. The zero-order valence-electron chi connectivity index (χ0n) is 12.3. The molecule has 0 aliphatic heterocycles. The van der Waals surface area contributed by atoms with Gasteiger partial charge in [-0.25, -0.2) is 4.99 Å². The van der Waals surface area contributed by atoms with E-state index in [0.717, 1.165) is 24.9 Å². The van der Waals surface area contributed by atoms with Gasteiger partial charge in [-0.2, -0.15) is 13.2 Å². The second-order valence-electron chi connectivity index (χ2n) is 4.53. The molecule has 0 heterocycles. The van der Waals surface area contributed by atoms with Crippen LogP contribution in [0.1, 0.15) is 25.3 Å². The summed E-state index contributed by atoms with van der Waals surface area (Å²) >= 11 is 0. The average Bonchev–Trinajstić information content (AvgIpc) is 2.43. The van der Waals surface area contributed by atoms with Crippen molar-refractivity contribution in [3.05, 3.63) is 29.8 Å². The van der Waals surface area contributed by atoms with E-state index in [4.69, 9.17) is 5.73 Å². The Kier molecular flexibility index (Phi) is 9.95. The summed E-state index contributed by atoms with van der Waals surface area (Å²) in [4.78, 5) is 4.12. The highest BCUT2D eigenvalue weighted by atomic mass is 127. The van der Waals surface area contributed by atoms with Gasteiger partial charge in [-0.05, 0) is 24.1 Å². The topological polar surface area (TPSA) is 59.6 Å². The minimum absolute atomic E-state index is 0. The van der Waals surface area contributed by atoms with Gasteiger partial charge < -0.3 is 15.8 Å². The fourth-order valence-electron chi connectivity index (χ4n) is 1.52. The standard InChI is InChI=1S/C14H20F3N3O.HI/c1-2-3-7-19-13(18)20-9-11-5-4-6-12(8-11)21-10-14(15,16)17;/h4-6,8H,2-3,7,9-10H2,1H3,(H3,18,19,20);1H. The third-order valence-electron chi connectivity index (χ3n) is 2.57. The van der Waals surface area contributed by atoms with Crippen LogP contribution in [0.25, 0.3) is 0 Å². The van der Waals surface area contributed by atoms with Gasteiger partial charge in [-0.15, -0.1) is 24.0 Å². The minimum Gasteiger partial charge on any atom is -0.484 e. The number of nitrogens with zero attached hydrogens (tertiary/aromatic N) is 1. The summed E-state index contributed by atoms with van der Waals surface area (Å²) in [7, 11) is 0. The number of alkyl halides is 3. The average molecular weight is 431 g/mol. The summed E-state index contributed by atoms with van der Waals surface area (Å²) in [6.07, 6.45) is -2.29. The number of rotatable bonds is 7. The summed E-state index contributed by atoms with van der Waals surface area (Å²) in [6, 6.07) is 6.37. The number of unbranched alkanes of at least 4 members (excludes halogenated alkanes) is 1. The first kappa shape index (κ1) is 20.8. The third-order valence-corrected chi connectivity index (χ3v) is 2.57. The number of halogens is 4. The zero-order chi connectivity index (χ0) is 15.7. The van der Waals surface area contributed by atoms with Crippen molar-refractivity contribution in [2.45, 2.75) is 32.5 Å². The second-order valence-corrected chi connectivity index (χ2v) is 4.53. The molecule has 0 aromatic heterocycles. The first-order chi connectivity index (χ1) is 9.90. The number of nitrogens with two attached hydrogens (primary N) is 1. The summed E-state index contributed by atoms with van der Waals surface area (Å²) in [6.45, 7) is 1.80. The van der Waals surface area contributed by atoms with Crippen molar-refractivity contribution in [2.24, 2.45) is 10.7 Å².